The Kier molecular flexibility index (Phi) is 2.49. The number of carboxylic acids is 1. The summed E-state index contributed by atoms with van der Waals surface area (Å²) in [5.41, 5.74) is 0. The van der Waals surface area contributed by atoms with E-state index in [1.165, 1.54) is 12.8 Å². The highest BCUT2D eigenvalue weighted by Crippen LogP contribution is 2.41. The first-order valence-corrected chi connectivity index (χ1v) is 6.46. The van der Waals surface area contributed by atoms with Gasteiger partial charge in [0.1, 0.15) is 0 Å². The molecule has 94 valence electrons. The van der Waals surface area contributed by atoms with E-state index in [1.807, 2.05) is 0 Å². The fourth-order valence-electron chi connectivity index (χ4n) is 3.22. The number of aliphatic carboxylic acids is 1. The first-order valence-electron chi connectivity index (χ1n) is 6.46. The summed E-state index contributed by atoms with van der Waals surface area (Å²) in [6, 6.07) is 0.0326. The van der Waals surface area contributed by atoms with Crippen molar-refractivity contribution >= 4 is 12.0 Å². The first-order chi connectivity index (χ1) is 8.16. The van der Waals surface area contributed by atoms with Crippen LogP contribution in [-0.2, 0) is 4.79 Å². The second kappa shape index (κ2) is 3.89. The van der Waals surface area contributed by atoms with E-state index in [0.29, 0.717) is 12.3 Å². The molecular weight excluding hydrogens is 220 g/mol. The Balaban J connectivity index is 1.62. The number of amides is 2. The van der Waals surface area contributed by atoms with Crippen LogP contribution in [0.15, 0.2) is 0 Å². The Hall–Kier alpha value is -1.26. The quantitative estimate of drug-likeness (QED) is 0.772. The number of hydrogen-bond donors (Lipinski definition) is 2. The maximum absolute atomic E-state index is 12.0. The predicted molar refractivity (Wildman–Crippen MR) is 60.5 cm³/mol. The molecule has 3 unspecified atom stereocenters. The third-order valence-electron chi connectivity index (χ3n) is 4.33. The molecule has 2 saturated heterocycles. The van der Waals surface area contributed by atoms with Gasteiger partial charge in [-0.3, -0.25) is 4.79 Å². The van der Waals surface area contributed by atoms with Crippen LogP contribution in [-0.4, -0.2) is 40.6 Å². The van der Waals surface area contributed by atoms with Crippen LogP contribution in [0, 0.1) is 11.8 Å². The van der Waals surface area contributed by atoms with Crippen molar-refractivity contribution in [3.8, 4) is 0 Å². The number of carbonyl (C=O) groups excluding carboxylic acids is 1. The molecule has 1 aliphatic carbocycles. The molecule has 0 aromatic carbocycles. The Bertz CT molecular complexity index is 354. The summed E-state index contributed by atoms with van der Waals surface area (Å²) in [6.45, 7) is 0.756. The van der Waals surface area contributed by atoms with E-state index in [-0.39, 0.29) is 24.0 Å². The molecule has 0 radical (unpaired) electrons. The molecule has 2 N–H and O–H groups in total. The smallest absolute Gasteiger partial charge is 0.317 e. The molecule has 0 aromatic heterocycles. The fourth-order valence-corrected chi connectivity index (χ4v) is 3.22. The van der Waals surface area contributed by atoms with Crippen molar-refractivity contribution in [2.24, 2.45) is 11.8 Å². The van der Waals surface area contributed by atoms with Crippen LogP contribution in [0.2, 0.25) is 0 Å². The minimum atomic E-state index is -0.753. The molecule has 3 rings (SSSR count). The normalized spacial score (nSPS) is 35.1. The second-order valence-corrected chi connectivity index (χ2v) is 5.52. The van der Waals surface area contributed by atoms with Gasteiger partial charge < -0.3 is 15.3 Å². The van der Waals surface area contributed by atoms with Gasteiger partial charge in [-0.1, -0.05) is 0 Å². The van der Waals surface area contributed by atoms with Gasteiger partial charge in [-0.15, -0.1) is 0 Å². The van der Waals surface area contributed by atoms with E-state index in [4.69, 9.17) is 5.11 Å². The highest BCUT2D eigenvalue weighted by Gasteiger charge is 2.51. The number of carbonyl (C=O) groups is 2. The molecule has 2 amide bonds. The van der Waals surface area contributed by atoms with Gasteiger partial charge in [0.05, 0.1) is 5.92 Å². The van der Waals surface area contributed by atoms with Crippen molar-refractivity contribution in [2.45, 2.75) is 44.2 Å². The summed E-state index contributed by atoms with van der Waals surface area (Å²) in [5, 5.41) is 12.0. The number of nitrogens with zero attached hydrogens (tertiary/aromatic N) is 1. The molecule has 17 heavy (non-hydrogen) atoms. The van der Waals surface area contributed by atoms with Crippen molar-refractivity contribution in [3.05, 3.63) is 0 Å². The van der Waals surface area contributed by atoms with Gasteiger partial charge in [0.2, 0.25) is 0 Å². The molecule has 2 bridgehead atoms. The molecule has 3 atom stereocenters. The number of carboxylic acid groups (broad SMARTS) is 1. The van der Waals surface area contributed by atoms with Crippen molar-refractivity contribution in [3.63, 3.8) is 0 Å². The Morgan fingerprint density at radius 1 is 1.24 bits per heavy atom. The summed E-state index contributed by atoms with van der Waals surface area (Å²) in [4.78, 5) is 24.9. The molecular formula is C12H18N2O3. The number of nitrogens with one attached hydrogen (secondary N) is 1. The van der Waals surface area contributed by atoms with Crippen molar-refractivity contribution in [1.82, 2.24) is 10.2 Å². The van der Waals surface area contributed by atoms with Gasteiger partial charge in [0, 0.05) is 18.6 Å². The summed E-state index contributed by atoms with van der Waals surface area (Å²) in [6.07, 6.45) is 4.87. The monoisotopic (exact) mass is 238 g/mol. The van der Waals surface area contributed by atoms with Crippen LogP contribution >= 0.6 is 0 Å². The van der Waals surface area contributed by atoms with E-state index in [1.54, 1.807) is 4.90 Å². The van der Waals surface area contributed by atoms with E-state index in [0.717, 1.165) is 19.4 Å². The third-order valence-corrected chi connectivity index (χ3v) is 4.33. The lowest BCUT2D eigenvalue weighted by molar-refractivity contribution is -0.142. The number of urea groups is 1. The summed E-state index contributed by atoms with van der Waals surface area (Å²) < 4.78 is 0. The summed E-state index contributed by atoms with van der Waals surface area (Å²) in [7, 11) is 0. The molecule has 0 spiro atoms. The fraction of sp³-hybridized carbons (Fsp3) is 0.833. The maximum Gasteiger partial charge on any atom is 0.317 e. The lowest BCUT2D eigenvalue weighted by Crippen LogP contribution is -2.44. The molecule has 0 aromatic rings. The highest BCUT2D eigenvalue weighted by molar-refractivity contribution is 5.79. The molecule has 3 fully saturated rings. The zero-order chi connectivity index (χ0) is 12.0. The number of fused-ring (bicyclic) bond motifs is 2. The Labute approximate surface area is 100 Å². The molecule has 5 nitrogen and oxygen atoms in total. The van der Waals surface area contributed by atoms with Crippen molar-refractivity contribution < 1.29 is 14.7 Å². The van der Waals surface area contributed by atoms with E-state index < -0.39 is 5.97 Å². The van der Waals surface area contributed by atoms with Crippen LogP contribution in [0.5, 0.6) is 0 Å². The largest absolute Gasteiger partial charge is 0.481 e. The lowest BCUT2D eigenvalue weighted by Gasteiger charge is -2.23. The summed E-state index contributed by atoms with van der Waals surface area (Å²) >= 11 is 0. The van der Waals surface area contributed by atoms with Gasteiger partial charge in [-0.2, -0.15) is 0 Å². The van der Waals surface area contributed by atoms with Gasteiger partial charge in [-0.05, 0) is 38.0 Å². The maximum atomic E-state index is 12.0. The van der Waals surface area contributed by atoms with Crippen molar-refractivity contribution in [2.75, 3.05) is 6.54 Å². The predicted octanol–water partition coefficient (Wildman–Crippen LogP) is 1.04. The number of hydrogen-bond acceptors (Lipinski definition) is 2. The standard InChI is InChI=1S/C12H18N2O3/c15-11(16)9-5-8-3-4-10(9)14(8)12(17)13-6-7-1-2-7/h7-10H,1-6H2,(H,13,17)(H,15,16). The van der Waals surface area contributed by atoms with Crippen LogP contribution in [0.1, 0.15) is 32.1 Å². The van der Waals surface area contributed by atoms with Gasteiger partial charge in [0.25, 0.3) is 0 Å². The zero-order valence-corrected chi connectivity index (χ0v) is 9.76. The average molecular weight is 238 g/mol. The Morgan fingerprint density at radius 3 is 2.59 bits per heavy atom. The molecule has 2 aliphatic heterocycles. The first kappa shape index (κ1) is 10.9. The van der Waals surface area contributed by atoms with Crippen LogP contribution in [0.25, 0.3) is 0 Å². The molecule has 3 aliphatic rings. The minimum Gasteiger partial charge on any atom is -0.481 e. The third kappa shape index (κ3) is 1.87. The zero-order valence-electron chi connectivity index (χ0n) is 9.76. The summed E-state index contributed by atoms with van der Waals surface area (Å²) in [5.74, 6) is -0.438. The highest BCUT2D eigenvalue weighted by atomic mass is 16.4. The minimum absolute atomic E-state index is 0.0480. The van der Waals surface area contributed by atoms with Crippen LogP contribution < -0.4 is 5.32 Å². The van der Waals surface area contributed by atoms with Gasteiger partial charge >= 0.3 is 12.0 Å². The van der Waals surface area contributed by atoms with Crippen LogP contribution in [0.4, 0.5) is 4.79 Å². The number of rotatable bonds is 3. The second-order valence-electron chi connectivity index (χ2n) is 5.52. The average Bonchev–Trinajstić information content (AvgIpc) is 2.95. The SMILES string of the molecule is O=C(O)C1CC2CCC1N2C(=O)NCC1CC1. The van der Waals surface area contributed by atoms with E-state index in [9.17, 15) is 9.59 Å². The molecule has 2 heterocycles. The van der Waals surface area contributed by atoms with Gasteiger partial charge in [0.15, 0.2) is 0 Å². The molecule has 5 heteroatoms. The van der Waals surface area contributed by atoms with Gasteiger partial charge in [-0.25, -0.2) is 4.79 Å². The topological polar surface area (TPSA) is 69.6 Å². The van der Waals surface area contributed by atoms with Crippen LogP contribution in [0.3, 0.4) is 0 Å². The molecule has 1 saturated carbocycles. The Morgan fingerprint density at radius 2 is 2.00 bits per heavy atom. The van der Waals surface area contributed by atoms with E-state index >= 15 is 0 Å². The van der Waals surface area contributed by atoms with E-state index in [2.05, 4.69) is 5.32 Å². The van der Waals surface area contributed by atoms with Crippen molar-refractivity contribution in [1.29, 1.82) is 0 Å². The lowest BCUT2D eigenvalue weighted by atomic mass is 9.89.